The maximum absolute atomic E-state index is 12.6. The zero-order chi connectivity index (χ0) is 19.2. The summed E-state index contributed by atoms with van der Waals surface area (Å²) in [5, 5.41) is 7.96. The molecule has 2 aliphatic heterocycles. The van der Waals surface area contributed by atoms with Gasteiger partial charge in [-0.05, 0) is 32.1 Å². The lowest BCUT2D eigenvalue weighted by atomic mass is 10.1. The Labute approximate surface area is 156 Å². The van der Waals surface area contributed by atoms with Gasteiger partial charge in [0.1, 0.15) is 5.84 Å². The molecule has 10 heteroatoms. The number of carbonyl (C=O) groups excluding carboxylic acids is 1. The highest BCUT2D eigenvalue weighted by Crippen LogP contribution is 2.21. The molecule has 0 bridgehead atoms. The number of fused-ring (bicyclic) bond motifs is 2. The van der Waals surface area contributed by atoms with Crippen LogP contribution in [0, 0.1) is 0 Å². The van der Waals surface area contributed by atoms with Crippen molar-refractivity contribution in [2.24, 2.45) is 4.40 Å². The molecule has 0 aliphatic carbocycles. The fourth-order valence-corrected chi connectivity index (χ4v) is 3.89. The van der Waals surface area contributed by atoms with E-state index in [-0.39, 0.29) is 24.2 Å². The van der Waals surface area contributed by atoms with Crippen LogP contribution in [-0.4, -0.2) is 52.1 Å². The van der Waals surface area contributed by atoms with Gasteiger partial charge in [-0.15, -0.1) is 4.40 Å². The Balaban J connectivity index is 1.54. The second-order valence-electron chi connectivity index (χ2n) is 6.62. The topological polar surface area (TPSA) is 110 Å². The Hall–Kier alpha value is -3.01. The van der Waals surface area contributed by atoms with E-state index < -0.39 is 10.0 Å². The van der Waals surface area contributed by atoms with E-state index in [0.29, 0.717) is 17.1 Å². The predicted octanol–water partition coefficient (Wildman–Crippen LogP) is 1.45. The van der Waals surface area contributed by atoms with Crippen LogP contribution >= 0.6 is 0 Å². The maximum atomic E-state index is 12.6. The molecule has 2 aliphatic rings. The minimum Gasteiger partial charge on any atom is -0.330 e. The van der Waals surface area contributed by atoms with E-state index in [1.54, 1.807) is 29.6 Å². The highest BCUT2D eigenvalue weighted by molar-refractivity contribution is 7.90. The van der Waals surface area contributed by atoms with Gasteiger partial charge in [0.15, 0.2) is 5.65 Å². The van der Waals surface area contributed by atoms with E-state index in [4.69, 9.17) is 0 Å². The average Bonchev–Trinajstić information content (AvgIpc) is 3.04. The summed E-state index contributed by atoms with van der Waals surface area (Å²) in [5.41, 5.74) is 1.73. The largest absolute Gasteiger partial charge is 0.330 e. The molecule has 0 atom stereocenters. The van der Waals surface area contributed by atoms with Gasteiger partial charge in [0, 0.05) is 24.2 Å². The SMILES string of the molecule is CC(C)n1ncc2cc(NC(=O)C3=CN4CCS(=O)(=O)N=C4C=C3)cnc21. The molecule has 0 unspecified atom stereocenters. The minimum absolute atomic E-state index is 0.0732. The molecule has 2 aromatic heterocycles. The molecule has 0 aromatic carbocycles. The van der Waals surface area contributed by atoms with E-state index in [1.807, 2.05) is 24.6 Å². The first-order valence-corrected chi connectivity index (χ1v) is 10.1. The molecule has 4 heterocycles. The first-order chi connectivity index (χ1) is 12.8. The lowest BCUT2D eigenvalue weighted by Crippen LogP contribution is -2.37. The smallest absolute Gasteiger partial charge is 0.257 e. The van der Waals surface area contributed by atoms with Crippen molar-refractivity contribution < 1.29 is 13.2 Å². The first kappa shape index (κ1) is 17.4. The normalized spacial score (nSPS) is 18.3. The molecule has 4 rings (SSSR count). The number of hydrogen-bond donors (Lipinski definition) is 1. The van der Waals surface area contributed by atoms with E-state index in [9.17, 15) is 13.2 Å². The van der Waals surface area contributed by atoms with Crippen molar-refractivity contribution in [1.29, 1.82) is 0 Å². The van der Waals surface area contributed by atoms with Crippen LogP contribution in [-0.2, 0) is 14.8 Å². The second-order valence-corrected chi connectivity index (χ2v) is 8.38. The van der Waals surface area contributed by atoms with Gasteiger partial charge in [-0.25, -0.2) is 18.1 Å². The van der Waals surface area contributed by atoms with Crippen LogP contribution in [0.15, 0.2) is 46.8 Å². The van der Waals surface area contributed by atoms with E-state index in [1.165, 1.54) is 6.08 Å². The molecule has 1 amide bonds. The van der Waals surface area contributed by atoms with Crippen LogP contribution in [0.5, 0.6) is 0 Å². The summed E-state index contributed by atoms with van der Waals surface area (Å²) in [6.07, 6.45) is 7.99. The van der Waals surface area contributed by atoms with E-state index >= 15 is 0 Å². The van der Waals surface area contributed by atoms with Crippen LogP contribution in [0.1, 0.15) is 19.9 Å². The van der Waals surface area contributed by atoms with E-state index in [2.05, 4.69) is 19.8 Å². The summed E-state index contributed by atoms with van der Waals surface area (Å²) < 4.78 is 28.6. The van der Waals surface area contributed by atoms with Gasteiger partial charge in [-0.1, -0.05) is 0 Å². The molecule has 0 saturated heterocycles. The maximum Gasteiger partial charge on any atom is 0.257 e. The highest BCUT2D eigenvalue weighted by Gasteiger charge is 2.25. The van der Waals surface area contributed by atoms with Crippen molar-refractivity contribution in [3.8, 4) is 0 Å². The molecule has 2 aromatic rings. The van der Waals surface area contributed by atoms with Gasteiger partial charge >= 0.3 is 0 Å². The third-order valence-corrected chi connectivity index (χ3v) is 5.43. The van der Waals surface area contributed by atoms with Crippen molar-refractivity contribution in [1.82, 2.24) is 19.7 Å². The number of hydrogen-bond acceptors (Lipinski definition) is 6. The van der Waals surface area contributed by atoms with Crippen molar-refractivity contribution >= 4 is 38.5 Å². The average molecular weight is 386 g/mol. The van der Waals surface area contributed by atoms with Gasteiger partial charge in [0.2, 0.25) is 0 Å². The Kier molecular flexibility index (Phi) is 4.06. The third-order valence-electron chi connectivity index (χ3n) is 4.27. The number of amides is 1. The van der Waals surface area contributed by atoms with Crippen LogP contribution in [0.4, 0.5) is 5.69 Å². The minimum atomic E-state index is -3.42. The molecule has 27 heavy (non-hydrogen) atoms. The summed E-state index contributed by atoms with van der Waals surface area (Å²) in [7, 11) is -3.42. The summed E-state index contributed by atoms with van der Waals surface area (Å²) in [6, 6.07) is 2.01. The quantitative estimate of drug-likeness (QED) is 0.855. The number of nitrogens with one attached hydrogen (secondary N) is 1. The number of pyridine rings is 1. The number of sulfonamides is 1. The Morgan fingerprint density at radius 2 is 2.07 bits per heavy atom. The summed E-state index contributed by atoms with van der Waals surface area (Å²) in [6.45, 7) is 4.31. The predicted molar refractivity (Wildman–Crippen MR) is 102 cm³/mol. The first-order valence-electron chi connectivity index (χ1n) is 8.46. The van der Waals surface area contributed by atoms with Crippen molar-refractivity contribution in [3.63, 3.8) is 0 Å². The molecular formula is C17H18N6O3S. The van der Waals surface area contributed by atoms with Crippen LogP contribution < -0.4 is 5.32 Å². The highest BCUT2D eigenvalue weighted by atomic mass is 32.2. The van der Waals surface area contributed by atoms with Gasteiger partial charge in [0.05, 0.1) is 29.4 Å². The Morgan fingerprint density at radius 1 is 1.26 bits per heavy atom. The molecule has 140 valence electrons. The number of carbonyl (C=O) groups is 1. The Bertz CT molecular complexity index is 1130. The zero-order valence-corrected chi connectivity index (χ0v) is 15.6. The number of amidine groups is 1. The lowest BCUT2D eigenvalue weighted by molar-refractivity contribution is -0.112. The number of aromatic nitrogens is 3. The molecule has 0 spiro atoms. The standard InChI is InChI=1S/C17H18N6O3S/c1-11(2)23-16-13(8-19-23)7-14(9-18-16)20-17(24)12-3-4-15-21-27(25,26)6-5-22(15)10-12/h3-4,7-11H,5-6H2,1-2H3,(H,20,24). The summed E-state index contributed by atoms with van der Waals surface area (Å²) in [4.78, 5) is 18.6. The molecule has 9 nitrogen and oxygen atoms in total. The summed E-state index contributed by atoms with van der Waals surface area (Å²) >= 11 is 0. The fourth-order valence-electron chi connectivity index (χ4n) is 2.92. The third kappa shape index (κ3) is 3.35. The number of anilines is 1. The second kappa shape index (κ2) is 6.31. The molecule has 0 fully saturated rings. The van der Waals surface area contributed by atoms with Gasteiger partial charge in [0.25, 0.3) is 15.9 Å². The molecule has 0 saturated carbocycles. The van der Waals surface area contributed by atoms with Crippen molar-refractivity contribution in [2.45, 2.75) is 19.9 Å². The fraction of sp³-hybridized carbons (Fsp3) is 0.294. The lowest BCUT2D eigenvalue weighted by Gasteiger charge is -2.26. The van der Waals surface area contributed by atoms with E-state index in [0.717, 1.165) is 11.0 Å². The molecular weight excluding hydrogens is 368 g/mol. The number of rotatable bonds is 3. The van der Waals surface area contributed by atoms with Crippen molar-refractivity contribution in [3.05, 3.63) is 42.4 Å². The molecule has 0 radical (unpaired) electrons. The Morgan fingerprint density at radius 3 is 2.85 bits per heavy atom. The van der Waals surface area contributed by atoms with Gasteiger partial charge in [-0.3, -0.25) is 4.79 Å². The number of nitrogens with zero attached hydrogens (tertiary/aromatic N) is 5. The van der Waals surface area contributed by atoms with Crippen LogP contribution in [0.25, 0.3) is 11.0 Å². The van der Waals surface area contributed by atoms with Crippen LogP contribution in [0.2, 0.25) is 0 Å². The van der Waals surface area contributed by atoms with Crippen molar-refractivity contribution in [2.75, 3.05) is 17.6 Å². The summed E-state index contributed by atoms with van der Waals surface area (Å²) in [5.74, 6) is -0.0611. The molecule has 1 N–H and O–H groups in total. The van der Waals surface area contributed by atoms with Gasteiger partial charge < -0.3 is 10.2 Å². The zero-order valence-electron chi connectivity index (χ0n) is 14.8. The van der Waals surface area contributed by atoms with Crippen LogP contribution in [0.3, 0.4) is 0 Å². The monoisotopic (exact) mass is 386 g/mol. The van der Waals surface area contributed by atoms with Gasteiger partial charge in [-0.2, -0.15) is 5.10 Å².